The fourth-order valence-corrected chi connectivity index (χ4v) is 1.24. The second kappa shape index (κ2) is 4.13. The smallest absolute Gasteiger partial charge is 0.292 e. The Hall–Kier alpha value is -1.51. The molecular formula is C11H16N2O. The van der Waals surface area contributed by atoms with Gasteiger partial charge >= 0.3 is 0 Å². The van der Waals surface area contributed by atoms with Crippen molar-refractivity contribution < 1.29 is 4.42 Å². The monoisotopic (exact) mass is 192 g/mol. The van der Waals surface area contributed by atoms with E-state index in [1.54, 1.807) is 0 Å². The molecule has 2 N–H and O–H groups in total. The van der Waals surface area contributed by atoms with Gasteiger partial charge in [0, 0.05) is 0 Å². The first kappa shape index (κ1) is 10.6. The van der Waals surface area contributed by atoms with Crippen LogP contribution in [0.4, 0.5) is 6.01 Å². The fraction of sp³-hybridized carbons (Fsp3) is 0.364. The lowest BCUT2D eigenvalue weighted by molar-refractivity contribution is 0.626. The molecule has 2 rings (SSSR count). The molecule has 0 saturated heterocycles. The molecular weight excluding hydrogens is 176 g/mol. The summed E-state index contributed by atoms with van der Waals surface area (Å²) < 4.78 is 5.17. The second-order valence-corrected chi connectivity index (χ2v) is 2.91. The molecule has 0 fully saturated rings. The molecule has 0 aliphatic carbocycles. The summed E-state index contributed by atoms with van der Waals surface area (Å²) in [4.78, 5) is 4.08. The van der Waals surface area contributed by atoms with Gasteiger partial charge in [0.05, 0.1) is 0 Å². The van der Waals surface area contributed by atoms with Crippen LogP contribution in [-0.2, 0) is 0 Å². The molecule has 0 atom stereocenters. The van der Waals surface area contributed by atoms with Gasteiger partial charge in [0.15, 0.2) is 5.58 Å². The molecule has 14 heavy (non-hydrogen) atoms. The third-order valence-electron chi connectivity index (χ3n) is 2.10. The Morgan fingerprint density at radius 3 is 2.50 bits per heavy atom. The van der Waals surface area contributed by atoms with Crippen LogP contribution in [0, 0.1) is 13.8 Å². The number of nitrogens with two attached hydrogens (primary N) is 1. The molecule has 0 amide bonds. The molecule has 0 spiro atoms. The van der Waals surface area contributed by atoms with E-state index < -0.39 is 0 Å². The number of nitrogens with zero attached hydrogens (tertiary/aromatic N) is 1. The topological polar surface area (TPSA) is 52.0 Å². The van der Waals surface area contributed by atoms with Gasteiger partial charge in [-0.3, -0.25) is 0 Å². The second-order valence-electron chi connectivity index (χ2n) is 2.91. The number of hydrogen-bond acceptors (Lipinski definition) is 3. The summed E-state index contributed by atoms with van der Waals surface area (Å²) in [5, 5.41) is 0. The summed E-state index contributed by atoms with van der Waals surface area (Å²) in [5.74, 6) is 0. The average molecular weight is 192 g/mol. The number of fused-ring (bicyclic) bond motifs is 1. The van der Waals surface area contributed by atoms with Crippen molar-refractivity contribution in [3.63, 3.8) is 0 Å². The van der Waals surface area contributed by atoms with Crippen LogP contribution in [0.25, 0.3) is 11.1 Å². The molecule has 1 aromatic carbocycles. The maximum absolute atomic E-state index is 5.43. The van der Waals surface area contributed by atoms with Gasteiger partial charge in [-0.1, -0.05) is 19.9 Å². The van der Waals surface area contributed by atoms with Gasteiger partial charge in [0.25, 0.3) is 6.01 Å². The molecule has 0 aliphatic rings. The highest BCUT2D eigenvalue weighted by Gasteiger charge is 2.06. The number of nitrogen functional groups attached to an aromatic ring is 1. The maximum Gasteiger partial charge on any atom is 0.292 e. The van der Waals surface area contributed by atoms with Crippen LogP contribution < -0.4 is 5.73 Å². The van der Waals surface area contributed by atoms with Crippen molar-refractivity contribution in [1.82, 2.24) is 4.98 Å². The van der Waals surface area contributed by atoms with Crippen molar-refractivity contribution in [1.29, 1.82) is 0 Å². The van der Waals surface area contributed by atoms with Gasteiger partial charge in [-0.2, -0.15) is 4.98 Å². The molecule has 0 bridgehead atoms. The van der Waals surface area contributed by atoms with Gasteiger partial charge in [0.1, 0.15) is 5.52 Å². The molecule has 0 saturated carbocycles. The Kier molecular flexibility index (Phi) is 3.12. The van der Waals surface area contributed by atoms with Crippen molar-refractivity contribution in [2.24, 2.45) is 0 Å². The van der Waals surface area contributed by atoms with Crippen molar-refractivity contribution >= 4 is 17.1 Å². The molecule has 3 heteroatoms. The van der Waals surface area contributed by atoms with E-state index >= 15 is 0 Å². The van der Waals surface area contributed by atoms with Crippen LogP contribution in [-0.4, -0.2) is 4.98 Å². The molecule has 2 aromatic rings. The van der Waals surface area contributed by atoms with Crippen LogP contribution in [0.1, 0.15) is 25.0 Å². The van der Waals surface area contributed by atoms with Gasteiger partial charge in [-0.25, -0.2) is 0 Å². The summed E-state index contributed by atoms with van der Waals surface area (Å²) in [6.45, 7) is 8.05. The van der Waals surface area contributed by atoms with Crippen molar-refractivity contribution in [2.45, 2.75) is 27.7 Å². The molecule has 0 unspecified atom stereocenters. The number of benzene rings is 1. The lowest BCUT2D eigenvalue weighted by atomic mass is 10.1. The van der Waals surface area contributed by atoms with E-state index in [9.17, 15) is 0 Å². The third-order valence-corrected chi connectivity index (χ3v) is 2.10. The summed E-state index contributed by atoms with van der Waals surface area (Å²) in [6, 6.07) is 4.13. The van der Waals surface area contributed by atoms with Crippen LogP contribution in [0.3, 0.4) is 0 Å². The van der Waals surface area contributed by atoms with E-state index in [1.807, 2.05) is 39.8 Å². The van der Waals surface area contributed by atoms with Crippen molar-refractivity contribution in [2.75, 3.05) is 5.73 Å². The SMILES string of the molecule is CC.Cc1ccc2oc(N)nc2c1C. The van der Waals surface area contributed by atoms with Gasteiger partial charge in [-0.15, -0.1) is 0 Å². The summed E-state index contributed by atoms with van der Waals surface area (Å²) in [7, 11) is 0. The average Bonchev–Trinajstić information content (AvgIpc) is 2.57. The van der Waals surface area contributed by atoms with Gasteiger partial charge in [-0.05, 0) is 31.0 Å². The molecule has 1 aromatic heterocycles. The Balaban J connectivity index is 0.000000461. The number of rotatable bonds is 0. The van der Waals surface area contributed by atoms with Crippen LogP contribution in [0.2, 0.25) is 0 Å². The Bertz CT molecular complexity index is 432. The van der Waals surface area contributed by atoms with E-state index in [0.29, 0.717) is 0 Å². The van der Waals surface area contributed by atoms with Crippen LogP contribution in [0.15, 0.2) is 16.5 Å². The van der Waals surface area contributed by atoms with E-state index in [4.69, 9.17) is 10.2 Å². The van der Waals surface area contributed by atoms with Crippen LogP contribution in [0.5, 0.6) is 0 Å². The molecule has 3 nitrogen and oxygen atoms in total. The normalized spacial score (nSPS) is 9.71. The Morgan fingerprint density at radius 1 is 1.21 bits per heavy atom. The highest BCUT2D eigenvalue weighted by atomic mass is 16.4. The Labute approximate surface area is 83.9 Å². The predicted octanol–water partition coefficient (Wildman–Crippen LogP) is 3.05. The van der Waals surface area contributed by atoms with Gasteiger partial charge < -0.3 is 10.2 Å². The number of anilines is 1. The van der Waals surface area contributed by atoms with Crippen molar-refractivity contribution in [3.8, 4) is 0 Å². The zero-order chi connectivity index (χ0) is 10.7. The summed E-state index contributed by atoms with van der Waals surface area (Å²) in [6.07, 6.45) is 0. The number of oxazole rings is 1. The first-order valence-corrected chi connectivity index (χ1v) is 4.80. The first-order chi connectivity index (χ1) is 6.68. The maximum atomic E-state index is 5.43. The lowest BCUT2D eigenvalue weighted by Gasteiger charge is -1.96. The number of aryl methyl sites for hydroxylation is 2. The minimum Gasteiger partial charge on any atom is -0.424 e. The zero-order valence-electron chi connectivity index (χ0n) is 9.09. The molecule has 1 heterocycles. The van der Waals surface area contributed by atoms with E-state index in [2.05, 4.69) is 4.98 Å². The third kappa shape index (κ3) is 1.71. The van der Waals surface area contributed by atoms with Crippen LogP contribution >= 0.6 is 0 Å². The largest absolute Gasteiger partial charge is 0.424 e. The zero-order valence-corrected chi connectivity index (χ0v) is 9.09. The van der Waals surface area contributed by atoms with Gasteiger partial charge in [0.2, 0.25) is 0 Å². The minimum atomic E-state index is 0.235. The lowest BCUT2D eigenvalue weighted by Crippen LogP contribution is -1.83. The first-order valence-electron chi connectivity index (χ1n) is 4.80. The highest BCUT2D eigenvalue weighted by Crippen LogP contribution is 2.22. The predicted molar refractivity (Wildman–Crippen MR) is 59.2 cm³/mol. The summed E-state index contributed by atoms with van der Waals surface area (Å²) >= 11 is 0. The van der Waals surface area contributed by atoms with E-state index in [-0.39, 0.29) is 6.01 Å². The minimum absolute atomic E-state index is 0.235. The fourth-order valence-electron chi connectivity index (χ4n) is 1.24. The molecule has 76 valence electrons. The number of hydrogen-bond donors (Lipinski definition) is 1. The van der Waals surface area contributed by atoms with E-state index in [1.165, 1.54) is 5.56 Å². The summed E-state index contributed by atoms with van der Waals surface area (Å²) in [5.41, 5.74) is 9.40. The highest BCUT2D eigenvalue weighted by molar-refractivity contribution is 5.78. The molecule has 0 radical (unpaired) electrons. The standard InChI is InChI=1S/C9H10N2O.C2H6/c1-5-3-4-7-8(6(5)2)11-9(10)12-7;1-2/h3-4H,1-2H3,(H2,10,11);1-2H3. The molecule has 0 aliphatic heterocycles. The van der Waals surface area contributed by atoms with Crippen molar-refractivity contribution in [3.05, 3.63) is 23.3 Å². The number of aromatic nitrogens is 1. The van der Waals surface area contributed by atoms with E-state index in [0.717, 1.165) is 16.7 Å². The quantitative estimate of drug-likeness (QED) is 0.698. The Morgan fingerprint density at radius 2 is 1.86 bits per heavy atom.